The maximum absolute atomic E-state index is 9.00. The molecule has 3 heterocycles. The molecule has 0 bridgehead atoms. The summed E-state index contributed by atoms with van der Waals surface area (Å²) in [6.07, 6.45) is 4.60. The van der Waals surface area contributed by atoms with Gasteiger partial charge in [-0.15, -0.1) is 36.2 Å². The summed E-state index contributed by atoms with van der Waals surface area (Å²) < 4.78 is 5.74. The number of nitrogens with one attached hydrogen (secondary N) is 1. The highest BCUT2D eigenvalue weighted by atomic mass is 35.5. The molecule has 0 radical (unpaired) electrons. The maximum atomic E-state index is 9.00. The smallest absolute Gasteiger partial charge is 0.170 e. The molecule has 1 aliphatic heterocycles. The Labute approximate surface area is 224 Å². The van der Waals surface area contributed by atoms with Crippen molar-refractivity contribution in [1.82, 2.24) is 15.4 Å². The van der Waals surface area contributed by atoms with Crippen molar-refractivity contribution in [2.45, 2.75) is 39.2 Å². The van der Waals surface area contributed by atoms with Gasteiger partial charge in [0.25, 0.3) is 0 Å². The van der Waals surface area contributed by atoms with Crippen LogP contribution in [0.3, 0.4) is 0 Å². The molecule has 0 atom stereocenters. The number of nitriles is 1. The standard InChI is InChI=1S/C25H25N3OS.C2H7N.2ClH/c1-17-22-5-3-2-4-19(22)14-23-24(27-29-25(17)23)9-6-18-10-12-28(13-11-18)16-21-8-7-20(15-26)30-21;1-3-2;;/h2-5,7-8,14,18H,6,9-13,16H2,1H3;3H,1-2H3;2*1H. The first-order chi connectivity index (χ1) is 16.1. The van der Waals surface area contributed by atoms with Crippen molar-refractivity contribution in [3.8, 4) is 6.07 Å². The van der Waals surface area contributed by atoms with E-state index in [0.29, 0.717) is 0 Å². The van der Waals surface area contributed by atoms with E-state index in [4.69, 9.17) is 9.78 Å². The predicted octanol–water partition coefficient (Wildman–Crippen LogP) is 6.75. The summed E-state index contributed by atoms with van der Waals surface area (Å²) in [5.41, 5.74) is 3.22. The summed E-state index contributed by atoms with van der Waals surface area (Å²) in [6.45, 7) is 5.36. The van der Waals surface area contributed by atoms with Crippen molar-refractivity contribution < 1.29 is 4.52 Å². The number of fused-ring (bicyclic) bond motifs is 2. The molecule has 1 aliphatic rings. The number of halogens is 2. The van der Waals surface area contributed by atoms with Crippen molar-refractivity contribution in [2.24, 2.45) is 5.92 Å². The molecule has 1 fully saturated rings. The van der Waals surface area contributed by atoms with Crippen LogP contribution in [-0.4, -0.2) is 37.2 Å². The van der Waals surface area contributed by atoms with Crippen LogP contribution in [0.4, 0.5) is 0 Å². The van der Waals surface area contributed by atoms with Gasteiger partial charge >= 0.3 is 0 Å². The molecule has 1 N–H and O–H groups in total. The lowest BCUT2D eigenvalue weighted by atomic mass is 9.91. The zero-order valence-corrected chi connectivity index (χ0v) is 23.0. The Hall–Kier alpha value is -2.14. The molecule has 2 aromatic carbocycles. The van der Waals surface area contributed by atoms with E-state index in [-0.39, 0.29) is 24.8 Å². The average molecular weight is 534 g/mol. The molecule has 0 saturated carbocycles. The Kier molecular flexibility index (Phi) is 11.5. The number of hydrogen-bond acceptors (Lipinski definition) is 6. The van der Waals surface area contributed by atoms with Crippen LogP contribution in [0.1, 0.15) is 40.3 Å². The third-order valence-corrected chi connectivity index (χ3v) is 7.43. The van der Waals surface area contributed by atoms with Gasteiger partial charge in [0.05, 0.1) is 5.69 Å². The molecule has 4 aromatic rings. The summed E-state index contributed by atoms with van der Waals surface area (Å²) in [5.74, 6) is 0.743. The number of aryl methyl sites for hydroxylation is 2. The van der Waals surface area contributed by atoms with Crippen LogP contribution in [0.2, 0.25) is 0 Å². The van der Waals surface area contributed by atoms with Gasteiger partial charge in [0.1, 0.15) is 10.9 Å². The summed E-state index contributed by atoms with van der Waals surface area (Å²) in [4.78, 5) is 4.62. The van der Waals surface area contributed by atoms with E-state index in [1.165, 1.54) is 45.9 Å². The highest BCUT2D eigenvalue weighted by Gasteiger charge is 2.21. The first kappa shape index (κ1) is 29.1. The highest BCUT2D eigenvalue weighted by Crippen LogP contribution is 2.32. The summed E-state index contributed by atoms with van der Waals surface area (Å²) in [7, 11) is 3.75. The predicted molar refractivity (Wildman–Crippen MR) is 151 cm³/mol. The fourth-order valence-corrected chi connectivity index (χ4v) is 5.54. The molecule has 35 heavy (non-hydrogen) atoms. The summed E-state index contributed by atoms with van der Waals surface area (Å²) >= 11 is 1.62. The molecule has 0 unspecified atom stereocenters. The number of benzene rings is 2. The lowest BCUT2D eigenvalue weighted by molar-refractivity contribution is 0.173. The SMILES string of the molecule is CNC.Cc1c2ccccc2cc2c(CCC3CCN(Cc4ccc(C#N)s4)CC3)noc12.Cl.Cl. The van der Waals surface area contributed by atoms with Gasteiger partial charge in [-0.25, -0.2) is 0 Å². The third-order valence-electron chi connectivity index (χ3n) is 6.46. The number of aromatic nitrogens is 1. The monoisotopic (exact) mass is 532 g/mol. The van der Waals surface area contributed by atoms with Crippen LogP contribution in [0.5, 0.6) is 0 Å². The minimum absolute atomic E-state index is 0. The van der Waals surface area contributed by atoms with Crippen molar-refractivity contribution in [1.29, 1.82) is 5.26 Å². The third kappa shape index (κ3) is 6.97. The number of hydrogen-bond donors (Lipinski definition) is 1. The number of nitrogens with zero attached hydrogens (tertiary/aromatic N) is 3. The van der Waals surface area contributed by atoms with Crippen molar-refractivity contribution in [3.05, 3.63) is 63.5 Å². The van der Waals surface area contributed by atoms with E-state index < -0.39 is 0 Å². The quantitative estimate of drug-likeness (QED) is 0.308. The number of thiophene rings is 1. The van der Waals surface area contributed by atoms with E-state index in [9.17, 15) is 0 Å². The van der Waals surface area contributed by atoms with Crippen LogP contribution in [0.25, 0.3) is 21.7 Å². The Bertz CT molecular complexity index is 1260. The van der Waals surface area contributed by atoms with E-state index in [0.717, 1.165) is 48.1 Å². The normalized spacial score (nSPS) is 14.0. The summed E-state index contributed by atoms with van der Waals surface area (Å²) in [5, 5.41) is 19.9. The minimum atomic E-state index is 0. The molecular weight excluding hydrogens is 499 g/mol. The van der Waals surface area contributed by atoms with Gasteiger partial charge in [-0.1, -0.05) is 29.4 Å². The zero-order valence-electron chi connectivity index (χ0n) is 20.5. The number of likely N-dealkylation sites (tertiary alicyclic amines) is 1. The van der Waals surface area contributed by atoms with Gasteiger partial charge in [-0.05, 0) is 94.7 Å². The molecule has 5 rings (SSSR count). The molecule has 5 nitrogen and oxygen atoms in total. The number of rotatable bonds is 5. The Morgan fingerprint density at radius 2 is 1.83 bits per heavy atom. The Morgan fingerprint density at radius 1 is 1.11 bits per heavy atom. The highest BCUT2D eigenvalue weighted by molar-refractivity contribution is 7.12. The van der Waals surface area contributed by atoms with E-state index in [2.05, 4.69) is 64.8 Å². The topological polar surface area (TPSA) is 65.1 Å². The van der Waals surface area contributed by atoms with E-state index in [1.54, 1.807) is 11.3 Å². The van der Waals surface area contributed by atoms with Crippen LogP contribution in [-0.2, 0) is 13.0 Å². The molecule has 188 valence electrons. The summed E-state index contributed by atoms with van der Waals surface area (Å²) in [6, 6.07) is 17.0. The van der Waals surface area contributed by atoms with Crippen molar-refractivity contribution in [2.75, 3.05) is 27.2 Å². The average Bonchev–Trinajstić information content (AvgIpc) is 3.46. The number of piperidine rings is 1. The van der Waals surface area contributed by atoms with Crippen molar-refractivity contribution >= 4 is 57.9 Å². The zero-order chi connectivity index (χ0) is 23.2. The Morgan fingerprint density at radius 3 is 2.51 bits per heavy atom. The fourth-order valence-electron chi connectivity index (χ4n) is 4.69. The lowest BCUT2D eigenvalue weighted by Crippen LogP contribution is -2.33. The van der Waals surface area contributed by atoms with Crippen LogP contribution in [0.15, 0.2) is 47.0 Å². The van der Waals surface area contributed by atoms with Crippen LogP contribution in [0, 0.1) is 24.2 Å². The maximum Gasteiger partial charge on any atom is 0.170 e. The van der Waals surface area contributed by atoms with Gasteiger partial charge < -0.3 is 9.84 Å². The second kappa shape index (κ2) is 13.8. The van der Waals surface area contributed by atoms with Gasteiger partial charge in [0, 0.05) is 22.4 Å². The second-order valence-electron chi connectivity index (χ2n) is 8.86. The van der Waals surface area contributed by atoms with Gasteiger partial charge in [-0.2, -0.15) is 5.26 Å². The van der Waals surface area contributed by atoms with Gasteiger partial charge in [-0.3, -0.25) is 4.90 Å². The fraction of sp³-hybridized carbons (Fsp3) is 0.407. The van der Waals surface area contributed by atoms with E-state index in [1.807, 2.05) is 20.2 Å². The van der Waals surface area contributed by atoms with Crippen LogP contribution >= 0.6 is 36.2 Å². The lowest BCUT2D eigenvalue weighted by Gasteiger charge is -2.31. The minimum Gasteiger partial charge on any atom is -0.356 e. The molecular formula is C27H34Cl2N4OS. The molecule has 1 saturated heterocycles. The van der Waals surface area contributed by atoms with Gasteiger partial charge in [0.15, 0.2) is 5.58 Å². The van der Waals surface area contributed by atoms with Crippen molar-refractivity contribution in [3.63, 3.8) is 0 Å². The molecule has 0 spiro atoms. The first-order valence-corrected chi connectivity index (χ1v) is 12.5. The van der Waals surface area contributed by atoms with Crippen LogP contribution < -0.4 is 5.32 Å². The van der Waals surface area contributed by atoms with Gasteiger partial charge in [0.2, 0.25) is 0 Å². The molecule has 2 aromatic heterocycles. The molecule has 8 heteroatoms. The first-order valence-electron chi connectivity index (χ1n) is 11.7. The molecule has 0 aliphatic carbocycles. The molecule has 0 amide bonds. The Balaban J connectivity index is 0.000000823. The largest absolute Gasteiger partial charge is 0.356 e. The second-order valence-corrected chi connectivity index (χ2v) is 10.0. The van der Waals surface area contributed by atoms with E-state index >= 15 is 0 Å².